The van der Waals surface area contributed by atoms with Crippen molar-refractivity contribution in [3.63, 3.8) is 0 Å². The van der Waals surface area contributed by atoms with Crippen molar-refractivity contribution < 1.29 is 10.2 Å². The van der Waals surface area contributed by atoms with E-state index in [4.69, 9.17) is 0 Å². The molecule has 2 nitrogen and oxygen atoms in total. The Balaban J connectivity index is 1.83. The summed E-state index contributed by atoms with van der Waals surface area (Å²) in [5.74, 6) is 0.858. The molecule has 4 rings (SSSR count). The summed E-state index contributed by atoms with van der Waals surface area (Å²) in [5, 5.41) is 23.3. The Bertz CT molecular complexity index is 925. The zero-order valence-corrected chi connectivity index (χ0v) is 22.3. The lowest BCUT2D eigenvalue weighted by Gasteiger charge is -2.37. The molecule has 34 heavy (non-hydrogen) atoms. The normalized spacial score (nSPS) is 19.9. The summed E-state index contributed by atoms with van der Waals surface area (Å²) in [6.45, 7) is 11.2. The first-order valence-electron chi connectivity index (χ1n) is 13.9. The summed E-state index contributed by atoms with van der Waals surface area (Å²) >= 11 is 0. The van der Waals surface area contributed by atoms with Crippen LogP contribution >= 0.6 is 0 Å². The van der Waals surface area contributed by atoms with Crippen molar-refractivity contribution in [3.05, 3.63) is 57.6 Å². The molecule has 2 saturated carbocycles. The Kier molecular flexibility index (Phi) is 7.36. The molecule has 2 aromatic carbocycles. The molecule has 2 aliphatic carbocycles. The predicted molar refractivity (Wildman–Crippen MR) is 143 cm³/mol. The van der Waals surface area contributed by atoms with Gasteiger partial charge >= 0.3 is 0 Å². The Labute approximate surface area is 207 Å². The van der Waals surface area contributed by atoms with Gasteiger partial charge in [0.2, 0.25) is 0 Å². The van der Waals surface area contributed by atoms with Crippen LogP contribution in [0.25, 0.3) is 0 Å². The van der Waals surface area contributed by atoms with E-state index >= 15 is 0 Å². The van der Waals surface area contributed by atoms with Crippen molar-refractivity contribution in [2.45, 2.75) is 128 Å². The molecule has 2 heteroatoms. The van der Waals surface area contributed by atoms with Crippen LogP contribution in [-0.4, -0.2) is 10.2 Å². The van der Waals surface area contributed by atoms with Crippen LogP contribution < -0.4 is 0 Å². The van der Waals surface area contributed by atoms with Gasteiger partial charge < -0.3 is 10.2 Å². The maximum atomic E-state index is 11.7. The van der Waals surface area contributed by atoms with Gasteiger partial charge in [0.1, 0.15) is 11.5 Å². The van der Waals surface area contributed by atoms with E-state index in [9.17, 15) is 10.2 Å². The van der Waals surface area contributed by atoms with Crippen molar-refractivity contribution in [1.29, 1.82) is 0 Å². The van der Waals surface area contributed by atoms with Crippen molar-refractivity contribution in [1.82, 2.24) is 0 Å². The van der Waals surface area contributed by atoms with Crippen LogP contribution in [0.4, 0.5) is 0 Å². The molecule has 0 aliphatic heterocycles. The maximum Gasteiger partial charge on any atom is 0.123 e. The van der Waals surface area contributed by atoms with Gasteiger partial charge in [0, 0.05) is 28.2 Å². The van der Waals surface area contributed by atoms with Gasteiger partial charge in [-0.1, -0.05) is 97.4 Å². The van der Waals surface area contributed by atoms with E-state index in [-0.39, 0.29) is 16.7 Å². The lowest BCUT2D eigenvalue weighted by atomic mass is 9.68. The zero-order chi connectivity index (χ0) is 24.5. The molecule has 2 N–H and O–H groups in total. The minimum absolute atomic E-state index is 0.0377. The number of benzene rings is 2. The summed E-state index contributed by atoms with van der Waals surface area (Å²) < 4.78 is 0. The first-order valence-corrected chi connectivity index (χ1v) is 13.9. The third-order valence-corrected chi connectivity index (χ3v) is 9.36. The van der Waals surface area contributed by atoms with E-state index in [1.165, 1.54) is 49.7 Å². The number of hydrogen-bond donors (Lipinski definition) is 2. The van der Waals surface area contributed by atoms with Gasteiger partial charge in [-0.2, -0.15) is 0 Å². The van der Waals surface area contributed by atoms with Crippen LogP contribution in [-0.2, 0) is 23.7 Å². The van der Waals surface area contributed by atoms with Crippen molar-refractivity contribution in [3.8, 4) is 11.5 Å². The summed E-state index contributed by atoms with van der Waals surface area (Å²) in [6, 6.07) is 8.90. The van der Waals surface area contributed by atoms with Crippen molar-refractivity contribution in [2.75, 3.05) is 0 Å². The molecule has 2 aliphatic rings. The Morgan fingerprint density at radius 2 is 1.00 bits per heavy atom. The molecular formula is C32H46O2. The summed E-state index contributed by atoms with van der Waals surface area (Å²) in [5.41, 5.74) is 6.84. The molecule has 0 saturated heterocycles. The van der Waals surface area contributed by atoms with E-state index < -0.39 is 0 Å². The number of aryl methyl sites for hydroxylation is 2. The van der Waals surface area contributed by atoms with Gasteiger partial charge in [-0.25, -0.2) is 0 Å². The number of hydrogen-bond acceptors (Lipinski definition) is 2. The molecule has 0 amide bonds. The molecule has 0 heterocycles. The zero-order valence-electron chi connectivity index (χ0n) is 22.3. The fraction of sp³-hybridized carbons (Fsp3) is 0.625. The highest BCUT2D eigenvalue weighted by molar-refractivity contribution is 5.56. The smallest absolute Gasteiger partial charge is 0.123 e. The Morgan fingerprint density at radius 3 is 1.32 bits per heavy atom. The number of phenolic OH excluding ortho intramolecular Hbond substituents is 2. The van der Waals surface area contributed by atoms with E-state index in [0.29, 0.717) is 11.5 Å². The van der Waals surface area contributed by atoms with Gasteiger partial charge in [-0.15, -0.1) is 0 Å². The average Bonchev–Trinajstić information content (AvgIpc) is 2.84. The van der Waals surface area contributed by atoms with Crippen LogP contribution in [0.5, 0.6) is 11.5 Å². The fourth-order valence-corrected chi connectivity index (χ4v) is 6.80. The maximum absolute atomic E-state index is 11.7. The van der Waals surface area contributed by atoms with E-state index in [1.807, 2.05) is 0 Å². The first-order chi connectivity index (χ1) is 16.2. The highest BCUT2D eigenvalue weighted by Gasteiger charge is 2.35. The minimum atomic E-state index is -0.0603. The third kappa shape index (κ3) is 4.62. The third-order valence-electron chi connectivity index (χ3n) is 9.36. The van der Waals surface area contributed by atoms with Gasteiger partial charge in [0.15, 0.2) is 0 Å². The summed E-state index contributed by atoms with van der Waals surface area (Å²) in [4.78, 5) is 0. The van der Waals surface area contributed by atoms with Crippen LogP contribution in [0, 0.1) is 0 Å². The fourth-order valence-electron chi connectivity index (χ4n) is 6.80. The Morgan fingerprint density at radius 1 is 0.647 bits per heavy atom. The number of phenols is 2. The quantitative estimate of drug-likeness (QED) is 0.450. The molecule has 0 aromatic heterocycles. The van der Waals surface area contributed by atoms with Gasteiger partial charge in [-0.05, 0) is 60.5 Å². The monoisotopic (exact) mass is 462 g/mol. The molecule has 0 radical (unpaired) electrons. The molecule has 2 fully saturated rings. The highest BCUT2D eigenvalue weighted by atomic mass is 16.3. The second-order valence-electron chi connectivity index (χ2n) is 11.8. The number of rotatable bonds is 6. The van der Waals surface area contributed by atoms with E-state index in [2.05, 4.69) is 58.9 Å². The van der Waals surface area contributed by atoms with Crippen molar-refractivity contribution in [2.24, 2.45) is 0 Å². The summed E-state index contributed by atoms with van der Waals surface area (Å²) in [7, 11) is 0. The lowest BCUT2D eigenvalue weighted by molar-refractivity contribution is 0.306. The largest absolute Gasteiger partial charge is 0.507 e. The topological polar surface area (TPSA) is 40.5 Å². The van der Waals surface area contributed by atoms with Crippen LogP contribution in [0.2, 0.25) is 0 Å². The van der Waals surface area contributed by atoms with E-state index in [1.54, 1.807) is 0 Å². The molecule has 2 aromatic rings. The number of aromatic hydroxyl groups is 2. The predicted octanol–water partition coefficient (Wildman–Crippen LogP) is 8.82. The molecular weight excluding hydrogens is 416 g/mol. The van der Waals surface area contributed by atoms with Crippen LogP contribution in [0.15, 0.2) is 24.3 Å². The second kappa shape index (κ2) is 9.96. The van der Waals surface area contributed by atoms with Crippen molar-refractivity contribution >= 4 is 0 Å². The molecule has 186 valence electrons. The molecule has 0 spiro atoms. The Hall–Kier alpha value is -1.96. The lowest BCUT2D eigenvalue weighted by Crippen LogP contribution is -2.26. The van der Waals surface area contributed by atoms with Gasteiger partial charge in [0.25, 0.3) is 0 Å². The van der Waals surface area contributed by atoms with Gasteiger partial charge in [0.05, 0.1) is 0 Å². The van der Waals surface area contributed by atoms with Gasteiger partial charge in [-0.3, -0.25) is 0 Å². The summed E-state index contributed by atoms with van der Waals surface area (Å²) in [6.07, 6.45) is 14.0. The molecule has 0 bridgehead atoms. The average molecular weight is 463 g/mol. The molecule has 0 atom stereocenters. The first kappa shape index (κ1) is 25.1. The molecule has 0 unspecified atom stereocenters. The highest BCUT2D eigenvalue weighted by Crippen LogP contribution is 2.49. The van der Waals surface area contributed by atoms with Crippen LogP contribution in [0.1, 0.15) is 138 Å². The SMILES string of the molecule is CCc1cc(C(C)c2cc(CC)cc(C3(C)CCCCC3)c2O)c(O)c(C2(C)CCCCC2)c1. The second-order valence-corrected chi connectivity index (χ2v) is 11.8. The van der Waals surface area contributed by atoms with Crippen LogP contribution in [0.3, 0.4) is 0 Å². The standard InChI is InChI=1S/C32H46O2/c1-6-23-18-25(29(33)27(20-23)31(4)14-10-8-11-15-31)22(3)26-19-24(7-2)21-28(30(26)34)32(5)16-12-9-13-17-32/h18-22,33-34H,6-17H2,1-5H3. The minimum Gasteiger partial charge on any atom is -0.507 e. The van der Waals surface area contributed by atoms with E-state index in [0.717, 1.165) is 60.8 Å².